The molecule has 1 unspecified atom stereocenters. The number of ether oxygens (including phenoxy) is 1. The first-order valence-electron chi connectivity index (χ1n) is 7.06. The van der Waals surface area contributed by atoms with E-state index in [1.54, 1.807) is 30.3 Å². The maximum atomic E-state index is 14.1. The van der Waals surface area contributed by atoms with Gasteiger partial charge < -0.3 is 4.74 Å². The van der Waals surface area contributed by atoms with Gasteiger partial charge in [0.1, 0.15) is 5.78 Å². The van der Waals surface area contributed by atoms with E-state index in [0.29, 0.717) is 18.4 Å². The summed E-state index contributed by atoms with van der Waals surface area (Å²) in [5.74, 6) is -5.44. The van der Waals surface area contributed by atoms with Crippen molar-refractivity contribution in [3.05, 3.63) is 35.9 Å². The molecule has 0 aliphatic heterocycles. The summed E-state index contributed by atoms with van der Waals surface area (Å²) in [4.78, 5) is 23.7. The number of hydrogen-bond acceptors (Lipinski definition) is 3. The molecule has 1 aliphatic rings. The number of esters is 1. The summed E-state index contributed by atoms with van der Waals surface area (Å²) in [7, 11) is 0. The van der Waals surface area contributed by atoms with Gasteiger partial charge in [0.25, 0.3) is 0 Å². The molecule has 0 bridgehead atoms. The van der Waals surface area contributed by atoms with E-state index in [9.17, 15) is 18.4 Å². The van der Waals surface area contributed by atoms with Crippen molar-refractivity contribution in [3.63, 3.8) is 0 Å². The Hall–Kier alpha value is -1.78. The Morgan fingerprint density at radius 2 is 2.00 bits per heavy atom. The second-order valence-electron chi connectivity index (χ2n) is 5.33. The van der Waals surface area contributed by atoms with Crippen molar-refractivity contribution in [2.24, 2.45) is 0 Å². The van der Waals surface area contributed by atoms with Crippen LogP contribution in [-0.4, -0.2) is 24.3 Å². The number of ketones is 1. The summed E-state index contributed by atoms with van der Waals surface area (Å²) in [6, 6.07) is 8.53. The minimum Gasteiger partial charge on any atom is -0.462 e. The first kappa shape index (κ1) is 15.6. The van der Waals surface area contributed by atoms with Crippen molar-refractivity contribution in [2.45, 2.75) is 43.9 Å². The molecule has 2 rings (SSSR count). The molecule has 1 saturated carbocycles. The fourth-order valence-corrected chi connectivity index (χ4v) is 2.97. The Morgan fingerprint density at radius 3 is 2.52 bits per heavy atom. The molecular formula is C16H18F2O3. The fourth-order valence-electron chi connectivity index (χ4n) is 2.97. The van der Waals surface area contributed by atoms with Crippen molar-refractivity contribution in [1.82, 2.24) is 0 Å². The Kier molecular flexibility index (Phi) is 4.40. The summed E-state index contributed by atoms with van der Waals surface area (Å²) in [6.45, 7) is 1.36. The van der Waals surface area contributed by atoms with Gasteiger partial charge in [0.05, 0.1) is 12.0 Å². The zero-order valence-electron chi connectivity index (χ0n) is 11.9. The molecule has 1 aromatic carbocycles. The molecule has 0 N–H and O–H groups in total. The Balaban J connectivity index is 2.35. The van der Waals surface area contributed by atoms with Crippen molar-refractivity contribution >= 4 is 11.8 Å². The van der Waals surface area contributed by atoms with Crippen LogP contribution in [0.2, 0.25) is 0 Å². The zero-order valence-corrected chi connectivity index (χ0v) is 11.9. The van der Waals surface area contributed by atoms with Gasteiger partial charge in [0.2, 0.25) is 0 Å². The Morgan fingerprint density at radius 1 is 1.33 bits per heavy atom. The molecule has 0 radical (unpaired) electrons. The van der Waals surface area contributed by atoms with Gasteiger partial charge in [-0.3, -0.25) is 4.79 Å². The summed E-state index contributed by atoms with van der Waals surface area (Å²) in [5.41, 5.74) is -0.728. The van der Waals surface area contributed by atoms with Crippen LogP contribution in [0.15, 0.2) is 30.3 Å². The summed E-state index contributed by atoms with van der Waals surface area (Å²) < 4.78 is 32.7. The minimum absolute atomic E-state index is 0.110. The molecule has 1 fully saturated rings. The lowest BCUT2D eigenvalue weighted by molar-refractivity contribution is -0.174. The second kappa shape index (κ2) is 5.92. The van der Waals surface area contributed by atoms with Crippen LogP contribution in [0.1, 0.15) is 38.2 Å². The molecular weight excluding hydrogens is 278 g/mol. The van der Waals surface area contributed by atoms with E-state index in [2.05, 4.69) is 4.74 Å². The van der Waals surface area contributed by atoms with Crippen LogP contribution in [0.5, 0.6) is 0 Å². The molecule has 3 nitrogen and oxygen atoms in total. The lowest BCUT2D eigenvalue weighted by atomic mass is 9.73. The third kappa shape index (κ3) is 2.96. The number of carbonyl (C=O) groups excluding carboxylic acids is 2. The van der Waals surface area contributed by atoms with Crippen LogP contribution in [-0.2, 0) is 19.7 Å². The lowest BCUT2D eigenvalue weighted by Crippen LogP contribution is -2.42. The van der Waals surface area contributed by atoms with E-state index < -0.39 is 23.7 Å². The van der Waals surface area contributed by atoms with Gasteiger partial charge in [0, 0.05) is 12.8 Å². The quantitative estimate of drug-likeness (QED) is 0.783. The average Bonchev–Trinajstić information content (AvgIpc) is 2.82. The molecule has 114 valence electrons. The van der Waals surface area contributed by atoms with Crippen molar-refractivity contribution in [3.8, 4) is 0 Å². The highest BCUT2D eigenvalue weighted by Gasteiger charge is 2.54. The Labute approximate surface area is 122 Å². The highest BCUT2D eigenvalue weighted by Crippen LogP contribution is 2.45. The zero-order chi connectivity index (χ0) is 15.5. The maximum Gasteiger partial charge on any atom is 0.377 e. The van der Waals surface area contributed by atoms with Crippen LogP contribution >= 0.6 is 0 Å². The monoisotopic (exact) mass is 296 g/mol. The third-order valence-corrected chi connectivity index (χ3v) is 3.97. The van der Waals surface area contributed by atoms with Crippen LogP contribution in [0.4, 0.5) is 8.78 Å². The maximum absolute atomic E-state index is 14.1. The number of benzene rings is 1. The smallest absolute Gasteiger partial charge is 0.377 e. The summed E-state index contributed by atoms with van der Waals surface area (Å²) in [5, 5.41) is 0. The third-order valence-electron chi connectivity index (χ3n) is 3.97. The highest BCUT2D eigenvalue weighted by molar-refractivity contribution is 5.93. The number of alkyl halides is 2. The first-order valence-corrected chi connectivity index (χ1v) is 7.06. The number of halogens is 2. The van der Waals surface area contributed by atoms with Gasteiger partial charge in [-0.05, 0) is 25.3 Å². The molecule has 0 spiro atoms. The molecule has 0 aromatic heterocycles. The predicted octanol–water partition coefficient (Wildman–Crippen LogP) is 3.27. The van der Waals surface area contributed by atoms with Gasteiger partial charge in [-0.25, -0.2) is 4.79 Å². The van der Waals surface area contributed by atoms with Crippen LogP contribution in [0.25, 0.3) is 0 Å². The molecule has 0 amide bonds. The van der Waals surface area contributed by atoms with Gasteiger partial charge >= 0.3 is 11.9 Å². The summed E-state index contributed by atoms with van der Waals surface area (Å²) in [6.07, 6.45) is 0.354. The molecule has 0 heterocycles. The summed E-state index contributed by atoms with van der Waals surface area (Å²) >= 11 is 0. The van der Waals surface area contributed by atoms with Crippen LogP contribution < -0.4 is 0 Å². The van der Waals surface area contributed by atoms with Gasteiger partial charge in [0.15, 0.2) is 0 Å². The van der Waals surface area contributed by atoms with E-state index in [1.807, 2.05) is 0 Å². The number of carbonyl (C=O) groups is 2. The molecule has 1 aromatic rings. The van der Waals surface area contributed by atoms with Crippen LogP contribution in [0, 0.1) is 0 Å². The number of rotatable bonds is 5. The highest BCUT2D eigenvalue weighted by atomic mass is 19.3. The van der Waals surface area contributed by atoms with E-state index in [4.69, 9.17) is 0 Å². The molecule has 21 heavy (non-hydrogen) atoms. The SMILES string of the molecule is CCOC(=O)C(F)(F)CC1(c2ccccc2)CCCC1=O. The van der Waals surface area contributed by atoms with E-state index in [-0.39, 0.29) is 18.8 Å². The van der Waals surface area contributed by atoms with E-state index in [0.717, 1.165) is 0 Å². The van der Waals surface area contributed by atoms with Gasteiger partial charge in [-0.2, -0.15) is 8.78 Å². The van der Waals surface area contributed by atoms with Crippen molar-refractivity contribution in [2.75, 3.05) is 6.61 Å². The molecule has 1 aliphatic carbocycles. The van der Waals surface area contributed by atoms with Gasteiger partial charge in [-0.1, -0.05) is 30.3 Å². The average molecular weight is 296 g/mol. The normalized spacial score (nSPS) is 22.3. The van der Waals surface area contributed by atoms with E-state index >= 15 is 0 Å². The van der Waals surface area contributed by atoms with Gasteiger partial charge in [-0.15, -0.1) is 0 Å². The molecule has 0 saturated heterocycles. The van der Waals surface area contributed by atoms with E-state index in [1.165, 1.54) is 6.92 Å². The standard InChI is InChI=1S/C16H18F2O3/c1-2-21-14(20)16(17,18)11-15(10-6-9-13(15)19)12-7-4-3-5-8-12/h3-5,7-8H,2,6,9-11H2,1H3. The molecule has 1 atom stereocenters. The van der Waals surface area contributed by atoms with Crippen molar-refractivity contribution < 1.29 is 23.1 Å². The first-order chi connectivity index (χ1) is 9.92. The minimum atomic E-state index is -3.66. The number of Topliss-reactive ketones (excluding diaryl/α,β-unsaturated/α-hetero) is 1. The Bertz CT molecular complexity index is 528. The predicted molar refractivity (Wildman–Crippen MR) is 73.2 cm³/mol. The number of hydrogen-bond donors (Lipinski definition) is 0. The second-order valence-corrected chi connectivity index (χ2v) is 5.33. The largest absolute Gasteiger partial charge is 0.462 e. The molecule has 5 heteroatoms. The van der Waals surface area contributed by atoms with Crippen molar-refractivity contribution in [1.29, 1.82) is 0 Å². The fraction of sp³-hybridized carbons (Fsp3) is 0.500. The topological polar surface area (TPSA) is 43.4 Å². The van der Waals surface area contributed by atoms with Crippen LogP contribution in [0.3, 0.4) is 0 Å². The lowest BCUT2D eigenvalue weighted by Gasteiger charge is -2.31.